The van der Waals surface area contributed by atoms with E-state index in [4.69, 9.17) is 12.2 Å². The molecule has 0 unspecified atom stereocenters. The Balaban J connectivity index is 2.38. The molecule has 1 aliphatic rings. The molecule has 1 aromatic carbocycles. The number of carbonyl (C=O) groups is 1. The maximum absolute atomic E-state index is 12.1. The van der Waals surface area contributed by atoms with E-state index >= 15 is 0 Å². The van der Waals surface area contributed by atoms with Crippen LogP contribution < -0.4 is 0 Å². The van der Waals surface area contributed by atoms with Gasteiger partial charge in [0, 0.05) is 6.54 Å². The number of likely N-dealkylation sites (N-methyl/N-ethyl adjacent to an activating group) is 1. The topological polar surface area (TPSA) is 40.5 Å². The number of phenolic OH excluding ortho intramolecular Hbond substituents is 1. The second kappa shape index (κ2) is 6.11. The van der Waals surface area contributed by atoms with E-state index in [0.29, 0.717) is 20.2 Å². The first-order valence-corrected chi connectivity index (χ1v) is 8.47. The van der Waals surface area contributed by atoms with Gasteiger partial charge in [-0.25, -0.2) is 0 Å². The predicted molar refractivity (Wildman–Crippen MR) is 94.1 cm³/mol. The first kappa shape index (κ1) is 15.3. The second-order valence-corrected chi connectivity index (χ2v) is 7.45. The number of thiocarbonyl (C=S) groups is 1. The molecule has 0 spiro atoms. The lowest BCUT2D eigenvalue weighted by Gasteiger charge is -2.09. The summed E-state index contributed by atoms with van der Waals surface area (Å²) in [5.41, 5.74) is 0.852. The SMILES string of the molecule is CCN1C(=O)C(=Cc2cc(Br)c(O)c(I)c2)SC1=S. The number of thioether (sulfide) groups is 1. The second-order valence-electron chi connectivity index (χ2n) is 3.76. The lowest BCUT2D eigenvalue weighted by Crippen LogP contribution is -2.27. The fourth-order valence-electron chi connectivity index (χ4n) is 1.59. The summed E-state index contributed by atoms with van der Waals surface area (Å²) < 4.78 is 1.92. The monoisotopic (exact) mass is 469 g/mol. The van der Waals surface area contributed by atoms with Gasteiger partial charge in [0.15, 0.2) is 0 Å². The summed E-state index contributed by atoms with van der Waals surface area (Å²) in [6.45, 7) is 2.48. The van der Waals surface area contributed by atoms with Crippen molar-refractivity contribution in [3.8, 4) is 5.75 Å². The number of rotatable bonds is 2. The Labute approximate surface area is 142 Å². The van der Waals surface area contributed by atoms with Gasteiger partial charge in [-0.2, -0.15) is 0 Å². The smallest absolute Gasteiger partial charge is 0.266 e. The van der Waals surface area contributed by atoms with E-state index < -0.39 is 0 Å². The summed E-state index contributed by atoms with van der Waals surface area (Å²) in [6.07, 6.45) is 1.79. The zero-order chi connectivity index (χ0) is 14.2. The van der Waals surface area contributed by atoms with Crippen molar-refractivity contribution in [1.82, 2.24) is 4.90 Å². The molecular formula is C12H9BrINO2S2. The third-order valence-corrected chi connectivity index (χ3v) is 5.33. The van der Waals surface area contributed by atoms with Crippen molar-refractivity contribution >= 4 is 78.8 Å². The summed E-state index contributed by atoms with van der Waals surface area (Å²) >= 11 is 11.8. The molecule has 0 aromatic heterocycles. The minimum atomic E-state index is -0.0586. The van der Waals surface area contributed by atoms with E-state index in [1.54, 1.807) is 17.0 Å². The van der Waals surface area contributed by atoms with E-state index in [1.807, 2.05) is 35.6 Å². The number of nitrogens with zero attached hydrogens (tertiary/aromatic N) is 1. The minimum Gasteiger partial charge on any atom is -0.506 e. The zero-order valence-corrected chi connectivity index (χ0v) is 15.2. The molecule has 7 heteroatoms. The van der Waals surface area contributed by atoms with Crippen molar-refractivity contribution in [2.75, 3.05) is 6.54 Å². The zero-order valence-electron chi connectivity index (χ0n) is 9.81. The highest BCUT2D eigenvalue weighted by Gasteiger charge is 2.30. The van der Waals surface area contributed by atoms with Crippen molar-refractivity contribution in [2.45, 2.75) is 6.92 Å². The quantitative estimate of drug-likeness (QED) is 0.404. The molecule has 2 rings (SSSR count). The van der Waals surface area contributed by atoms with Gasteiger partial charge < -0.3 is 5.11 Å². The number of aromatic hydroxyl groups is 1. The molecular weight excluding hydrogens is 461 g/mol. The van der Waals surface area contributed by atoms with Crippen LogP contribution in [0.4, 0.5) is 0 Å². The van der Waals surface area contributed by atoms with Gasteiger partial charge in [-0.15, -0.1) is 0 Å². The first-order valence-electron chi connectivity index (χ1n) is 5.37. The van der Waals surface area contributed by atoms with E-state index in [1.165, 1.54) is 11.8 Å². The molecule has 1 N–H and O–H groups in total. The standard InChI is InChI=1S/C12H9BrINO2S2/c1-2-15-11(17)9(19-12(15)18)5-6-3-7(13)10(16)8(14)4-6/h3-5,16H,2H2,1H3. The van der Waals surface area contributed by atoms with Gasteiger partial charge in [0.2, 0.25) is 0 Å². The molecule has 19 heavy (non-hydrogen) atoms. The van der Waals surface area contributed by atoms with Crippen LogP contribution in [0.1, 0.15) is 12.5 Å². The summed E-state index contributed by atoms with van der Waals surface area (Å²) in [5, 5.41) is 9.69. The number of halogens is 2. The van der Waals surface area contributed by atoms with Crippen molar-refractivity contribution in [1.29, 1.82) is 0 Å². The average Bonchev–Trinajstić information content (AvgIpc) is 2.61. The Morgan fingerprint density at radius 2 is 2.26 bits per heavy atom. The van der Waals surface area contributed by atoms with Gasteiger partial charge in [-0.3, -0.25) is 9.69 Å². The summed E-state index contributed by atoms with van der Waals surface area (Å²) in [7, 11) is 0. The molecule has 1 aromatic rings. The van der Waals surface area contributed by atoms with Gasteiger partial charge in [-0.05, 0) is 69.2 Å². The molecule has 1 amide bonds. The molecule has 100 valence electrons. The Morgan fingerprint density at radius 3 is 2.79 bits per heavy atom. The average molecular weight is 470 g/mol. The Morgan fingerprint density at radius 1 is 1.58 bits per heavy atom. The van der Waals surface area contributed by atoms with Crippen LogP contribution in [0.15, 0.2) is 21.5 Å². The largest absolute Gasteiger partial charge is 0.506 e. The van der Waals surface area contributed by atoms with E-state index in [2.05, 4.69) is 15.9 Å². The molecule has 1 heterocycles. The third kappa shape index (κ3) is 3.14. The number of amides is 1. The molecule has 0 saturated carbocycles. The van der Waals surface area contributed by atoms with Crippen molar-refractivity contribution in [3.63, 3.8) is 0 Å². The van der Waals surface area contributed by atoms with Gasteiger partial charge in [0.1, 0.15) is 10.1 Å². The molecule has 1 saturated heterocycles. The summed E-state index contributed by atoms with van der Waals surface area (Å²) in [4.78, 5) is 14.3. The number of carbonyl (C=O) groups excluding carboxylic acids is 1. The van der Waals surface area contributed by atoms with E-state index in [0.717, 1.165) is 9.13 Å². The fourth-order valence-corrected chi connectivity index (χ4v) is 4.48. The Kier molecular flexibility index (Phi) is 4.91. The number of benzene rings is 1. The third-order valence-electron chi connectivity index (χ3n) is 2.53. The van der Waals surface area contributed by atoms with Crippen LogP contribution in [0, 0.1) is 3.57 Å². The Bertz CT molecular complexity index is 580. The van der Waals surface area contributed by atoms with Gasteiger partial charge in [0.25, 0.3) is 5.91 Å². The highest BCUT2D eigenvalue weighted by Crippen LogP contribution is 2.35. The highest BCUT2D eigenvalue weighted by molar-refractivity contribution is 14.1. The van der Waals surface area contributed by atoms with Crippen LogP contribution in [-0.2, 0) is 4.79 Å². The minimum absolute atomic E-state index is 0.0586. The van der Waals surface area contributed by atoms with Crippen LogP contribution in [0.3, 0.4) is 0 Å². The van der Waals surface area contributed by atoms with Gasteiger partial charge in [-0.1, -0.05) is 24.0 Å². The first-order chi connectivity index (χ1) is 8.93. The maximum Gasteiger partial charge on any atom is 0.266 e. The van der Waals surface area contributed by atoms with Crippen molar-refractivity contribution in [2.24, 2.45) is 0 Å². The number of hydrogen-bond acceptors (Lipinski definition) is 4. The van der Waals surface area contributed by atoms with Crippen LogP contribution in [0.5, 0.6) is 5.75 Å². The van der Waals surface area contributed by atoms with Gasteiger partial charge in [0.05, 0.1) is 12.9 Å². The molecule has 0 atom stereocenters. The molecule has 1 fully saturated rings. The van der Waals surface area contributed by atoms with Crippen LogP contribution in [0.2, 0.25) is 0 Å². The van der Waals surface area contributed by atoms with Gasteiger partial charge >= 0.3 is 0 Å². The summed E-state index contributed by atoms with van der Waals surface area (Å²) in [6, 6.07) is 3.59. The highest BCUT2D eigenvalue weighted by atomic mass is 127. The lowest BCUT2D eigenvalue weighted by molar-refractivity contribution is -0.121. The lowest BCUT2D eigenvalue weighted by atomic mass is 10.2. The molecule has 3 nitrogen and oxygen atoms in total. The molecule has 0 bridgehead atoms. The normalized spacial score (nSPS) is 17.6. The molecule has 1 aliphatic heterocycles. The molecule has 0 aliphatic carbocycles. The number of phenols is 1. The Hall–Kier alpha value is -0.120. The predicted octanol–water partition coefficient (Wildman–Crippen LogP) is 3.98. The van der Waals surface area contributed by atoms with Crippen molar-refractivity contribution in [3.05, 3.63) is 30.6 Å². The molecule has 0 radical (unpaired) electrons. The number of hydrogen-bond donors (Lipinski definition) is 1. The van der Waals surface area contributed by atoms with Crippen LogP contribution in [0.25, 0.3) is 6.08 Å². The van der Waals surface area contributed by atoms with Crippen molar-refractivity contribution < 1.29 is 9.90 Å². The fraction of sp³-hybridized carbons (Fsp3) is 0.167. The van der Waals surface area contributed by atoms with E-state index in [9.17, 15) is 9.90 Å². The van der Waals surface area contributed by atoms with Crippen LogP contribution in [-0.4, -0.2) is 26.8 Å². The maximum atomic E-state index is 12.1. The van der Waals surface area contributed by atoms with E-state index in [-0.39, 0.29) is 11.7 Å². The summed E-state index contributed by atoms with van der Waals surface area (Å²) in [5.74, 6) is 0.149. The van der Waals surface area contributed by atoms with Crippen LogP contribution >= 0.6 is 62.5 Å².